The molecule has 4 heterocycles. The molecule has 1 aliphatic rings. The number of tetrazole rings is 3. The van der Waals surface area contributed by atoms with Crippen molar-refractivity contribution < 1.29 is 19.4 Å². The second kappa shape index (κ2) is 14.8. The number of hydrogen-bond acceptors (Lipinski definition) is 13. The van der Waals surface area contributed by atoms with Gasteiger partial charge in [-0.25, -0.2) is 0 Å². The van der Waals surface area contributed by atoms with Crippen LogP contribution in [0.4, 0.5) is 0 Å². The Kier molecular flexibility index (Phi) is 10.8. The Balaban J connectivity index is 0.000000148. The number of benzene rings is 3. The van der Waals surface area contributed by atoms with Gasteiger partial charge in [0.15, 0.2) is 0 Å². The maximum atomic E-state index is 8.90. The van der Waals surface area contributed by atoms with Gasteiger partial charge in [0, 0.05) is 21.2 Å². The van der Waals surface area contributed by atoms with Crippen LogP contribution < -0.4 is 10.9 Å². The Morgan fingerprint density at radius 1 is 0.592 bits per heavy atom. The van der Waals surface area contributed by atoms with Gasteiger partial charge in [-0.3, -0.25) is 0 Å². The number of halogens is 1. The topological polar surface area (TPSA) is 190 Å². The Hall–Kier alpha value is -4.68. The highest BCUT2D eigenvalue weighted by Crippen LogP contribution is 2.36. The SMILES string of the molecule is Cn1nnc(-c2ccc(B(O)O)cc2)n1.Cn1nnc(-c2ccc(B3OC(C)(C)C(C)(C)O3)cc2)n1.Cn1nnc(-c2ccc(Br)cc2)n1. The second-order valence-corrected chi connectivity index (χ2v) is 12.9. The summed E-state index contributed by atoms with van der Waals surface area (Å²) in [6, 6.07) is 22.3. The van der Waals surface area contributed by atoms with Crippen molar-refractivity contribution in [2.45, 2.75) is 38.9 Å². The van der Waals surface area contributed by atoms with E-state index in [1.54, 1.807) is 45.4 Å². The Morgan fingerprint density at radius 3 is 1.27 bits per heavy atom. The number of aromatic nitrogens is 12. The molecule has 16 nitrogen and oxygen atoms in total. The monoisotopic (exact) mass is 728 g/mol. The van der Waals surface area contributed by atoms with Gasteiger partial charge in [0.05, 0.1) is 32.3 Å². The lowest BCUT2D eigenvalue weighted by Crippen LogP contribution is -2.41. The van der Waals surface area contributed by atoms with Crippen molar-refractivity contribution in [3.63, 3.8) is 0 Å². The maximum Gasteiger partial charge on any atom is 0.494 e. The first-order chi connectivity index (χ1) is 23.2. The fraction of sp³-hybridized carbons (Fsp3) is 0.300. The van der Waals surface area contributed by atoms with Crippen LogP contribution in [0.5, 0.6) is 0 Å². The van der Waals surface area contributed by atoms with Gasteiger partial charge in [-0.1, -0.05) is 64.5 Å². The van der Waals surface area contributed by atoms with E-state index in [0.717, 1.165) is 26.6 Å². The summed E-state index contributed by atoms with van der Waals surface area (Å²) in [6.45, 7) is 8.19. The van der Waals surface area contributed by atoms with Gasteiger partial charge in [-0.15, -0.1) is 30.6 Å². The number of aryl methyl sites for hydroxylation is 3. The van der Waals surface area contributed by atoms with Crippen LogP contribution in [0.3, 0.4) is 0 Å². The molecule has 7 rings (SSSR count). The molecule has 6 aromatic rings. The third-order valence-corrected chi connectivity index (χ3v) is 8.32. The normalized spacial score (nSPS) is 14.4. The van der Waals surface area contributed by atoms with Gasteiger partial charge in [0.25, 0.3) is 0 Å². The summed E-state index contributed by atoms with van der Waals surface area (Å²) in [5.74, 6) is 1.77. The lowest BCUT2D eigenvalue weighted by Gasteiger charge is -2.32. The summed E-state index contributed by atoms with van der Waals surface area (Å²) in [4.78, 5) is 4.25. The van der Waals surface area contributed by atoms with Crippen LogP contribution in [0.15, 0.2) is 77.3 Å². The van der Waals surface area contributed by atoms with Gasteiger partial charge >= 0.3 is 14.2 Å². The minimum atomic E-state index is -1.45. The average molecular weight is 729 g/mol. The molecule has 19 heteroatoms. The zero-order valence-corrected chi connectivity index (χ0v) is 29.6. The smallest absolute Gasteiger partial charge is 0.423 e. The summed E-state index contributed by atoms with van der Waals surface area (Å²) in [7, 11) is 3.38. The van der Waals surface area contributed by atoms with E-state index >= 15 is 0 Å². The quantitative estimate of drug-likeness (QED) is 0.243. The highest BCUT2D eigenvalue weighted by atomic mass is 79.9. The molecule has 0 aliphatic carbocycles. The molecule has 1 fully saturated rings. The molecule has 3 aromatic heterocycles. The minimum Gasteiger partial charge on any atom is -0.423 e. The van der Waals surface area contributed by atoms with E-state index in [2.05, 4.69) is 62.2 Å². The van der Waals surface area contributed by atoms with E-state index in [1.807, 2.05) is 76.2 Å². The van der Waals surface area contributed by atoms with Crippen molar-refractivity contribution in [3.8, 4) is 34.2 Å². The summed E-state index contributed by atoms with van der Waals surface area (Å²) in [5.41, 5.74) is 3.43. The molecular formula is C30H35B2BrN12O4. The highest BCUT2D eigenvalue weighted by molar-refractivity contribution is 9.10. The summed E-state index contributed by atoms with van der Waals surface area (Å²) in [5, 5.41) is 53.1. The first-order valence-corrected chi connectivity index (χ1v) is 15.9. The molecule has 0 unspecified atom stereocenters. The standard InChI is InChI=1S/C14H19BN4O2.C8H9BN4O2.C8H7BrN4/c1-13(2)14(3,4)21-15(20-13)11-8-6-10(7-9-11)12-16-18-19(5)17-12;1-13-11-8(10-12-13)6-2-4-7(5-3-6)9(14)15;1-13-11-8(10-12-13)6-2-4-7(9)5-3-6/h6-9H,1-5H3;2-5,14-15H,1H3;2-5H,1H3. The molecule has 0 amide bonds. The Labute approximate surface area is 291 Å². The van der Waals surface area contributed by atoms with Crippen LogP contribution in [0, 0.1) is 0 Å². The molecular weight excluding hydrogens is 694 g/mol. The van der Waals surface area contributed by atoms with Crippen LogP contribution in [0.1, 0.15) is 27.7 Å². The average Bonchev–Trinajstić information content (AvgIpc) is 3.86. The van der Waals surface area contributed by atoms with Crippen molar-refractivity contribution in [2.75, 3.05) is 0 Å². The first-order valence-electron chi connectivity index (χ1n) is 15.1. The van der Waals surface area contributed by atoms with Gasteiger partial charge in [-0.2, -0.15) is 14.4 Å². The Morgan fingerprint density at radius 2 is 0.939 bits per heavy atom. The molecule has 0 atom stereocenters. The van der Waals surface area contributed by atoms with Crippen LogP contribution in [0.25, 0.3) is 34.2 Å². The van der Waals surface area contributed by atoms with E-state index in [4.69, 9.17) is 19.4 Å². The van der Waals surface area contributed by atoms with E-state index < -0.39 is 7.12 Å². The number of nitrogens with zero attached hydrogens (tertiary/aromatic N) is 12. The fourth-order valence-corrected chi connectivity index (χ4v) is 4.63. The summed E-state index contributed by atoms with van der Waals surface area (Å²) < 4.78 is 13.1. The molecule has 1 aliphatic heterocycles. The van der Waals surface area contributed by atoms with Gasteiger partial charge in [0.2, 0.25) is 17.5 Å². The summed E-state index contributed by atoms with van der Waals surface area (Å²) >= 11 is 3.36. The lowest BCUT2D eigenvalue weighted by molar-refractivity contribution is 0.00578. The molecule has 0 spiro atoms. The van der Waals surface area contributed by atoms with Crippen molar-refractivity contribution in [1.82, 2.24) is 60.6 Å². The predicted octanol–water partition coefficient (Wildman–Crippen LogP) is 1.37. The van der Waals surface area contributed by atoms with Crippen LogP contribution in [-0.4, -0.2) is 96.1 Å². The van der Waals surface area contributed by atoms with Crippen LogP contribution in [-0.2, 0) is 30.5 Å². The third-order valence-electron chi connectivity index (χ3n) is 7.79. The molecule has 49 heavy (non-hydrogen) atoms. The van der Waals surface area contributed by atoms with E-state index in [1.165, 1.54) is 14.4 Å². The minimum absolute atomic E-state index is 0.331. The first kappa shape index (κ1) is 35.6. The summed E-state index contributed by atoms with van der Waals surface area (Å²) in [6.07, 6.45) is 0. The zero-order valence-electron chi connectivity index (χ0n) is 28.0. The number of rotatable bonds is 5. The molecule has 3 aromatic carbocycles. The third kappa shape index (κ3) is 8.87. The predicted molar refractivity (Wildman–Crippen MR) is 186 cm³/mol. The van der Waals surface area contributed by atoms with Gasteiger partial charge < -0.3 is 19.4 Å². The number of hydrogen-bond donors (Lipinski definition) is 2. The van der Waals surface area contributed by atoms with Crippen molar-refractivity contribution in [2.24, 2.45) is 21.1 Å². The van der Waals surface area contributed by atoms with Crippen molar-refractivity contribution in [1.29, 1.82) is 0 Å². The molecule has 0 saturated carbocycles. The maximum absolute atomic E-state index is 8.90. The van der Waals surface area contributed by atoms with E-state index in [0.29, 0.717) is 22.9 Å². The highest BCUT2D eigenvalue weighted by Gasteiger charge is 2.51. The van der Waals surface area contributed by atoms with Gasteiger partial charge in [-0.05, 0) is 78.5 Å². The molecule has 1 saturated heterocycles. The fourth-order valence-electron chi connectivity index (χ4n) is 4.37. The molecule has 2 N–H and O–H groups in total. The molecule has 252 valence electrons. The van der Waals surface area contributed by atoms with Crippen molar-refractivity contribution in [3.05, 3.63) is 77.3 Å². The van der Waals surface area contributed by atoms with Crippen LogP contribution >= 0.6 is 15.9 Å². The zero-order chi connectivity index (χ0) is 35.3. The van der Waals surface area contributed by atoms with Crippen molar-refractivity contribution >= 4 is 41.1 Å². The van der Waals surface area contributed by atoms with E-state index in [9.17, 15) is 0 Å². The largest absolute Gasteiger partial charge is 0.494 e. The molecule has 0 radical (unpaired) electrons. The van der Waals surface area contributed by atoms with Crippen LogP contribution in [0.2, 0.25) is 0 Å². The molecule has 0 bridgehead atoms. The Bertz CT molecular complexity index is 1950. The second-order valence-electron chi connectivity index (χ2n) is 12.0. The van der Waals surface area contributed by atoms with Gasteiger partial charge in [0.1, 0.15) is 0 Å². The lowest BCUT2D eigenvalue weighted by atomic mass is 9.79. The van der Waals surface area contributed by atoms with E-state index in [-0.39, 0.29) is 18.3 Å².